The molecule has 0 spiro atoms. The van der Waals surface area contributed by atoms with Crippen LogP contribution in [0.2, 0.25) is 0 Å². The molecule has 0 bridgehead atoms. The predicted molar refractivity (Wildman–Crippen MR) is 114 cm³/mol. The Morgan fingerprint density at radius 2 is 1.76 bits per heavy atom. The van der Waals surface area contributed by atoms with Gasteiger partial charge in [-0.05, 0) is 36.4 Å². The number of furan rings is 1. The minimum atomic E-state index is -3.91. The number of fused-ring (bicyclic) bond motifs is 1. The number of benzene rings is 1. The van der Waals surface area contributed by atoms with Crippen LogP contribution in [-0.2, 0) is 10.0 Å². The number of halogens is 1. The Morgan fingerprint density at radius 3 is 2.45 bits per heavy atom. The van der Waals surface area contributed by atoms with E-state index in [0.29, 0.717) is 24.6 Å². The highest BCUT2D eigenvalue weighted by Gasteiger charge is 2.32. The maximum atomic E-state index is 14.3. The van der Waals surface area contributed by atoms with Crippen molar-refractivity contribution in [1.82, 2.24) is 24.1 Å². The molecule has 0 saturated carbocycles. The van der Waals surface area contributed by atoms with Gasteiger partial charge in [0.2, 0.25) is 5.09 Å². The average Bonchev–Trinajstić information content (AvgIpc) is 3.47. The summed E-state index contributed by atoms with van der Waals surface area (Å²) < 4.78 is 47.8. The molecule has 1 amide bonds. The quantitative estimate of drug-likeness (QED) is 0.457. The van der Waals surface area contributed by atoms with Gasteiger partial charge in [-0.2, -0.15) is 8.82 Å². The molecule has 3 aromatic heterocycles. The lowest BCUT2D eigenvalue weighted by Gasteiger charge is -2.34. The Labute approximate surface area is 187 Å². The SMILES string of the molecule is NC(=O)c1ccc(S(=O)(=O)N2CCN(c3ccc4nnc(-c5ccccc5F)n4n3)CC2)o1. The Bertz CT molecular complexity index is 1460. The van der Waals surface area contributed by atoms with Crippen LogP contribution < -0.4 is 10.6 Å². The summed E-state index contributed by atoms with van der Waals surface area (Å²) in [6, 6.07) is 12.2. The van der Waals surface area contributed by atoms with Gasteiger partial charge in [-0.15, -0.1) is 15.3 Å². The first-order valence-electron chi connectivity index (χ1n) is 9.97. The highest BCUT2D eigenvalue weighted by atomic mass is 32.2. The Hall–Kier alpha value is -3.84. The third-order valence-corrected chi connectivity index (χ3v) is 7.12. The number of nitrogens with zero attached hydrogens (tertiary/aromatic N) is 6. The zero-order valence-electron chi connectivity index (χ0n) is 17.1. The second-order valence-corrected chi connectivity index (χ2v) is 9.21. The van der Waals surface area contributed by atoms with E-state index in [-0.39, 0.29) is 35.3 Å². The van der Waals surface area contributed by atoms with E-state index in [2.05, 4.69) is 15.3 Å². The van der Waals surface area contributed by atoms with Crippen molar-refractivity contribution in [1.29, 1.82) is 0 Å². The van der Waals surface area contributed by atoms with E-state index in [0.717, 1.165) is 0 Å². The van der Waals surface area contributed by atoms with Crippen molar-refractivity contribution in [3.8, 4) is 11.4 Å². The van der Waals surface area contributed by atoms with E-state index >= 15 is 0 Å². The fourth-order valence-corrected chi connectivity index (χ4v) is 4.97. The molecule has 4 aromatic rings. The van der Waals surface area contributed by atoms with E-state index in [1.54, 1.807) is 30.3 Å². The van der Waals surface area contributed by atoms with Gasteiger partial charge in [0.25, 0.3) is 15.9 Å². The van der Waals surface area contributed by atoms with Crippen molar-refractivity contribution >= 4 is 27.4 Å². The number of aromatic nitrogens is 4. The molecule has 1 saturated heterocycles. The van der Waals surface area contributed by atoms with Gasteiger partial charge in [0.15, 0.2) is 17.2 Å². The molecule has 1 fully saturated rings. The fourth-order valence-electron chi connectivity index (χ4n) is 3.63. The number of nitrogens with two attached hydrogens (primary N) is 1. The van der Waals surface area contributed by atoms with Crippen molar-refractivity contribution in [3.63, 3.8) is 0 Å². The molecule has 0 atom stereocenters. The molecular formula is C20H18FN7O4S. The summed E-state index contributed by atoms with van der Waals surface area (Å²) in [6.45, 7) is 1.07. The Balaban J connectivity index is 1.37. The average molecular weight is 471 g/mol. The topological polar surface area (TPSA) is 140 Å². The van der Waals surface area contributed by atoms with Crippen LogP contribution in [0.1, 0.15) is 10.6 Å². The summed E-state index contributed by atoms with van der Waals surface area (Å²) in [7, 11) is -3.91. The molecule has 1 aromatic carbocycles. The summed E-state index contributed by atoms with van der Waals surface area (Å²) in [5.41, 5.74) is 5.87. The summed E-state index contributed by atoms with van der Waals surface area (Å²) in [4.78, 5) is 13.1. The molecule has 0 radical (unpaired) electrons. The second kappa shape index (κ2) is 7.94. The Morgan fingerprint density at radius 1 is 1.00 bits per heavy atom. The van der Waals surface area contributed by atoms with Gasteiger partial charge in [-0.25, -0.2) is 12.8 Å². The first-order chi connectivity index (χ1) is 15.8. The van der Waals surface area contributed by atoms with E-state index in [4.69, 9.17) is 10.2 Å². The molecule has 0 unspecified atom stereocenters. The molecular weight excluding hydrogens is 453 g/mol. The normalized spacial score (nSPS) is 15.2. The fraction of sp³-hybridized carbons (Fsp3) is 0.200. The number of carbonyl (C=O) groups is 1. The van der Waals surface area contributed by atoms with Crippen LogP contribution >= 0.6 is 0 Å². The van der Waals surface area contributed by atoms with Crippen LogP contribution in [0, 0.1) is 5.82 Å². The number of primary amides is 1. The molecule has 1 aliphatic rings. The van der Waals surface area contributed by atoms with Gasteiger partial charge in [0.1, 0.15) is 11.6 Å². The van der Waals surface area contributed by atoms with Gasteiger partial charge in [-0.1, -0.05) is 12.1 Å². The highest BCUT2D eigenvalue weighted by Crippen LogP contribution is 2.24. The number of sulfonamides is 1. The monoisotopic (exact) mass is 471 g/mol. The predicted octanol–water partition coefficient (Wildman–Crippen LogP) is 1.13. The van der Waals surface area contributed by atoms with Crippen LogP contribution in [0.15, 0.2) is 58.0 Å². The standard InChI is InChI=1S/C20H18FN7O4S/c21-14-4-2-1-3-13(14)20-24-23-16-6-7-17(25-28(16)20)26-9-11-27(12-10-26)33(30,31)18-8-5-15(32-18)19(22)29/h1-8H,9-12H2,(H2,22,29). The van der Waals surface area contributed by atoms with Crippen LogP contribution in [-0.4, -0.2) is 64.6 Å². The number of rotatable bonds is 5. The van der Waals surface area contributed by atoms with Crippen LogP contribution in [0.5, 0.6) is 0 Å². The zero-order valence-corrected chi connectivity index (χ0v) is 17.9. The lowest BCUT2D eigenvalue weighted by molar-refractivity contribution is 0.0968. The molecule has 1 aliphatic heterocycles. The maximum absolute atomic E-state index is 14.3. The van der Waals surface area contributed by atoms with Crippen LogP contribution in [0.3, 0.4) is 0 Å². The third kappa shape index (κ3) is 3.70. The molecule has 170 valence electrons. The summed E-state index contributed by atoms with van der Waals surface area (Å²) in [6.07, 6.45) is 0. The number of hydrogen-bond acceptors (Lipinski definition) is 8. The summed E-state index contributed by atoms with van der Waals surface area (Å²) in [5, 5.41) is 12.3. The van der Waals surface area contributed by atoms with Gasteiger partial charge in [0.05, 0.1) is 5.56 Å². The molecule has 2 N–H and O–H groups in total. The van der Waals surface area contributed by atoms with Crippen molar-refractivity contribution in [2.75, 3.05) is 31.1 Å². The van der Waals surface area contributed by atoms with Crippen molar-refractivity contribution in [3.05, 3.63) is 60.1 Å². The molecule has 33 heavy (non-hydrogen) atoms. The number of piperazine rings is 1. The zero-order chi connectivity index (χ0) is 23.2. The summed E-state index contributed by atoms with van der Waals surface area (Å²) in [5.74, 6) is -0.647. The maximum Gasteiger partial charge on any atom is 0.284 e. The first kappa shape index (κ1) is 21.0. The van der Waals surface area contributed by atoms with Gasteiger partial charge in [-0.3, -0.25) is 4.79 Å². The number of amides is 1. The van der Waals surface area contributed by atoms with E-state index in [9.17, 15) is 17.6 Å². The highest BCUT2D eigenvalue weighted by molar-refractivity contribution is 7.89. The van der Waals surface area contributed by atoms with Gasteiger partial charge >= 0.3 is 0 Å². The summed E-state index contributed by atoms with van der Waals surface area (Å²) >= 11 is 0. The minimum Gasteiger partial charge on any atom is -0.438 e. The molecule has 13 heteroatoms. The molecule has 4 heterocycles. The van der Waals surface area contributed by atoms with Crippen molar-refractivity contribution in [2.45, 2.75) is 5.09 Å². The second-order valence-electron chi connectivity index (χ2n) is 7.34. The van der Waals surface area contributed by atoms with E-state index in [1.807, 2.05) is 4.90 Å². The lowest BCUT2D eigenvalue weighted by Crippen LogP contribution is -2.49. The number of carbonyl (C=O) groups excluding carboxylic acids is 1. The molecule has 0 aliphatic carbocycles. The molecule has 11 nitrogen and oxygen atoms in total. The van der Waals surface area contributed by atoms with Gasteiger partial charge in [0, 0.05) is 26.2 Å². The van der Waals surface area contributed by atoms with E-state index in [1.165, 1.54) is 27.0 Å². The van der Waals surface area contributed by atoms with Crippen molar-refractivity contribution in [2.24, 2.45) is 5.73 Å². The number of hydrogen-bond donors (Lipinski definition) is 1. The van der Waals surface area contributed by atoms with Gasteiger partial charge < -0.3 is 15.1 Å². The first-order valence-corrected chi connectivity index (χ1v) is 11.4. The van der Waals surface area contributed by atoms with Crippen molar-refractivity contribution < 1.29 is 22.0 Å². The van der Waals surface area contributed by atoms with Crippen LogP contribution in [0.25, 0.3) is 17.0 Å². The van der Waals surface area contributed by atoms with Crippen LogP contribution in [0.4, 0.5) is 10.2 Å². The lowest BCUT2D eigenvalue weighted by atomic mass is 10.2. The largest absolute Gasteiger partial charge is 0.438 e. The third-order valence-electron chi connectivity index (χ3n) is 5.34. The number of anilines is 1. The minimum absolute atomic E-state index is 0.178. The smallest absolute Gasteiger partial charge is 0.284 e. The molecule has 5 rings (SSSR count). The Kier molecular flexibility index (Phi) is 5.06. The van der Waals surface area contributed by atoms with E-state index < -0.39 is 21.7 Å².